The molecule has 0 saturated heterocycles. The van der Waals surface area contributed by atoms with E-state index in [-0.39, 0.29) is 18.7 Å². The molecule has 1 N–H and O–H groups in total. The summed E-state index contributed by atoms with van der Waals surface area (Å²) < 4.78 is 38.3. The van der Waals surface area contributed by atoms with Gasteiger partial charge in [-0.25, -0.2) is 13.2 Å². The standard InChI is InChI=1S/C10H9F3N4O/c11-7-4-6(5-8(12)9(7)13)10(18)15-2-1-3-16-17-14/h4-5H,1-3H2,(H,15,18). The number of carbonyl (C=O) groups excluding carboxylic acids is 1. The highest BCUT2D eigenvalue weighted by molar-refractivity contribution is 5.94. The second-order valence-corrected chi connectivity index (χ2v) is 3.32. The molecule has 0 saturated carbocycles. The van der Waals surface area contributed by atoms with Crippen molar-refractivity contribution in [2.45, 2.75) is 6.42 Å². The minimum absolute atomic E-state index is 0.179. The predicted molar refractivity (Wildman–Crippen MR) is 57.3 cm³/mol. The average Bonchev–Trinajstić information content (AvgIpc) is 2.34. The van der Waals surface area contributed by atoms with E-state index in [1.165, 1.54) is 0 Å². The summed E-state index contributed by atoms with van der Waals surface area (Å²) in [6.45, 7) is 0.376. The monoisotopic (exact) mass is 258 g/mol. The highest BCUT2D eigenvalue weighted by atomic mass is 19.2. The lowest BCUT2D eigenvalue weighted by Gasteiger charge is -2.05. The summed E-state index contributed by atoms with van der Waals surface area (Å²) >= 11 is 0. The normalized spacial score (nSPS) is 9.72. The predicted octanol–water partition coefficient (Wildman–Crippen LogP) is 2.53. The van der Waals surface area contributed by atoms with Crippen molar-refractivity contribution in [2.75, 3.05) is 13.1 Å². The van der Waals surface area contributed by atoms with Gasteiger partial charge < -0.3 is 5.32 Å². The number of hydrogen-bond acceptors (Lipinski definition) is 2. The molecule has 96 valence electrons. The molecular weight excluding hydrogens is 249 g/mol. The van der Waals surface area contributed by atoms with Crippen LogP contribution in [0, 0.1) is 17.5 Å². The molecule has 0 heterocycles. The third kappa shape index (κ3) is 3.67. The molecular formula is C10H9F3N4O. The molecule has 0 radical (unpaired) electrons. The summed E-state index contributed by atoms with van der Waals surface area (Å²) in [5.41, 5.74) is 7.68. The van der Waals surface area contributed by atoms with Gasteiger partial charge in [0.25, 0.3) is 5.91 Å². The zero-order valence-electron chi connectivity index (χ0n) is 9.16. The van der Waals surface area contributed by atoms with Gasteiger partial charge in [-0.15, -0.1) is 0 Å². The fourth-order valence-corrected chi connectivity index (χ4v) is 1.19. The average molecular weight is 258 g/mol. The Morgan fingerprint density at radius 1 is 1.33 bits per heavy atom. The molecule has 0 unspecified atom stereocenters. The van der Waals surface area contributed by atoms with Gasteiger partial charge in [-0.05, 0) is 24.1 Å². The molecule has 0 bridgehead atoms. The Labute approximate surface area is 100 Å². The molecule has 0 fully saturated rings. The van der Waals surface area contributed by atoms with Crippen LogP contribution in [0.3, 0.4) is 0 Å². The van der Waals surface area contributed by atoms with E-state index in [4.69, 9.17) is 5.53 Å². The maximum absolute atomic E-state index is 12.8. The molecule has 1 aromatic carbocycles. The summed E-state index contributed by atoms with van der Waals surface area (Å²) in [6, 6.07) is 1.22. The number of nitrogens with zero attached hydrogens (tertiary/aromatic N) is 3. The van der Waals surface area contributed by atoms with Crippen LogP contribution in [0.25, 0.3) is 10.4 Å². The summed E-state index contributed by atoms with van der Waals surface area (Å²) in [5.74, 6) is -5.19. The van der Waals surface area contributed by atoms with Gasteiger partial charge in [-0.2, -0.15) is 0 Å². The number of benzene rings is 1. The molecule has 0 aliphatic rings. The first-order valence-electron chi connectivity index (χ1n) is 5.00. The van der Waals surface area contributed by atoms with Crippen molar-refractivity contribution in [2.24, 2.45) is 5.11 Å². The third-order valence-corrected chi connectivity index (χ3v) is 2.03. The second-order valence-electron chi connectivity index (χ2n) is 3.32. The number of azide groups is 1. The molecule has 8 heteroatoms. The van der Waals surface area contributed by atoms with Gasteiger partial charge in [0.05, 0.1) is 0 Å². The third-order valence-electron chi connectivity index (χ3n) is 2.03. The SMILES string of the molecule is [N-]=[N+]=NCCCNC(=O)c1cc(F)c(F)c(F)c1. The van der Waals surface area contributed by atoms with Crippen molar-refractivity contribution in [3.63, 3.8) is 0 Å². The number of carbonyl (C=O) groups is 1. The summed E-state index contributed by atoms with van der Waals surface area (Å²) in [4.78, 5) is 13.9. The highest BCUT2D eigenvalue weighted by Crippen LogP contribution is 2.13. The quantitative estimate of drug-likeness (QED) is 0.284. The van der Waals surface area contributed by atoms with Crippen LogP contribution in [-0.4, -0.2) is 19.0 Å². The van der Waals surface area contributed by atoms with Crippen LogP contribution in [0.5, 0.6) is 0 Å². The Balaban J connectivity index is 2.59. The van der Waals surface area contributed by atoms with Gasteiger partial charge in [-0.3, -0.25) is 4.79 Å². The molecule has 0 aliphatic carbocycles. The fourth-order valence-electron chi connectivity index (χ4n) is 1.19. The molecule has 5 nitrogen and oxygen atoms in total. The van der Waals surface area contributed by atoms with Gasteiger partial charge in [0, 0.05) is 23.6 Å². The Bertz CT molecular complexity index is 477. The van der Waals surface area contributed by atoms with Crippen LogP contribution < -0.4 is 5.32 Å². The van der Waals surface area contributed by atoms with Gasteiger partial charge >= 0.3 is 0 Å². The minimum atomic E-state index is -1.62. The minimum Gasteiger partial charge on any atom is -0.352 e. The molecule has 0 aliphatic heterocycles. The van der Waals surface area contributed by atoms with E-state index in [2.05, 4.69) is 15.3 Å². The molecule has 1 amide bonds. The summed E-state index contributed by atoms with van der Waals surface area (Å²) in [6.07, 6.45) is 0.391. The topological polar surface area (TPSA) is 77.9 Å². The van der Waals surface area contributed by atoms with Crippen LogP contribution in [0.15, 0.2) is 17.2 Å². The first-order valence-corrected chi connectivity index (χ1v) is 5.00. The number of nitrogens with one attached hydrogen (secondary N) is 1. The first kappa shape index (κ1) is 13.9. The van der Waals surface area contributed by atoms with Gasteiger partial charge in [-0.1, -0.05) is 5.11 Å². The van der Waals surface area contributed by atoms with Crippen molar-refractivity contribution >= 4 is 5.91 Å². The van der Waals surface area contributed by atoms with E-state index < -0.39 is 23.4 Å². The Kier molecular flexibility index (Phi) is 5.01. The number of rotatable bonds is 5. The molecule has 1 aromatic rings. The second kappa shape index (κ2) is 6.51. The van der Waals surface area contributed by atoms with Crippen LogP contribution >= 0.6 is 0 Å². The zero-order valence-corrected chi connectivity index (χ0v) is 9.16. The van der Waals surface area contributed by atoms with E-state index in [1.807, 2.05) is 0 Å². The van der Waals surface area contributed by atoms with Gasteiger partial charge in [0.15, 0.2) is 17.5 Å². The number of hydrogen-bond donors (Lipinski definition) is 1. The van der Waals surface area contributed by atoms with E-state index in [1.54, 1.807) is 0 Å². The maximum Gasteiger partial charge on any atom is 0.251 e. The van der Waals surface area contributed by atoms with E-state index in [9.17, 15) is 18.0 Å². The lowest BCUT2D eigenvalue weighted by molar-refractivity contribution is 0.0952. The number of amides is 1. The smallest absolute Gasteiger partial charge is 0.251 e. The highest BCUT2D eigenvalue weighted by Gasteiger charge is 2.14. The molecule has 0 spiro atoms. The summed E-state index contributed by atoms with van der Waals surface area (Å²) in [5, 5.41) is 5.59. The molecule has 0 aromatic heterocycles. The lowest BCUT2D eigenvalue weighted by Crippen LogP contribution is -2.25. The van der Waals surface area contributed by atoms with Crippen LogP contribution in [-0.2, 0) is 0 Å². The van der Waals surface area contributed by atoms with Crippen molar-refractivity contribution in [1.29, 1.82) is 0 Å². The Hall–Kier alpha value is -2.21. The number of halogens is 3. The van der Waals surface area contributed by atoms with Crippen LogP contribution in [0.1, 0.15) is 16.8 Å². The molecule has 18 heavy (non-hydrogen) atoms. The maximum atomic E-state index is 12.8. The lowest BCUT2D eigenvalue weighted by atomic mass is 10.2. The Morgan fingerprint density at radius 2 is 1.94 bits per heavy atom. The van der Waals surface area contributed by atoms with Crippen molar-refractivity contribution in [3.8, 4) is 0 Å². The largest absolute Gasteiger partial charge is 0.352 e. The van der Waals surface area contributed by atoms with E-state index >= 15 is 0 Å². The van der Waals surface area contributed by atoms with Crippen molar-refractivity contribution in [3.05, 3.63) is 45.6 Å². The molecule has 0 atom stereocenters. The molecule has 1 rings (SSSR count). The Morgan fingerprint density at radius 3 is 2.50 bits per heavy atom. The summed E-state index contributed by atoms with van der Waals surface area (Å²) in [7, 11) is 0. The van der Waals surface area contributed by atoms with E-state index in [0.717, 1.165) is 0 Å². The van der Waals surface area contributed by atoms with Crippen molar-refractivity contribution in [1.82, 2.24) is 5.32 Å². The van der Waals surface area contributed by atoms with Crippen LogP contribution in [0.4, 0.5) is 13.2 Å². The van der Waals surface area contributed by atoms with Crippen molar-refractivity contribution < 1.29 is 18.0 Å². The van der Waals surface area contributed by atoms with Crippen LogP contribution in [0.2, 0.25) is 0 Å². The zero-order chi connectivity index (χ0) is 13.5. The fraction of sp³-hybridized carbons (Fsp3) is 0.300. The van der Waals surface area contributed by atoms with Gasteiger partial charge in [0.2, 0.25) is 0 Å². The first-order chi connectivity index (χ1) is 8.56. The van der Waals surface area contributed by atoms with Gasteiger partial charge in [0.1, 0.15) is 0 Å². The van der Waals surface area contributed by atoms with E-state index in [0.29, 0.717) is 18.6 Å².